The van der Waals surface area contributed by atoms with Crippen molar-refractivity contribution >= 4 is 33.2 Å². The van der Waals surface area contributed by atoms with Crippen LogP contribution in [0.4, 0.5) is 0 Å². The number of hydrogen-bond donors (Lipinski definition) is 0. The first-order chi connectivity index (χ1) is 13.0. The third kappa shape index (κ3) is 4.72. The lowest BCUT2D eigenvalue weighted by Gasteiger charge is -2.01. The minimum absolute atomic E-state index is 0.0597. The van der Waals surface area contributed by atoms with E-state index in [0.29, 0.717) is 40.5 Å². The summed E-state index contributed by atoms with van der Waals surface area (Å²) in [6, 6.07) is 9.22. The van der Waals surface area contributed by atoms with Crippen LogP contribution < -0.4 is 0 Å². The molecule has 0 spiro atoms. The van der Waals surface area contributed by atoms with Gasteiger partial charge in [-0.3, -0.25) is 0 Å². The molecule has 3 aromatic rings. The average Bonchev–Trinajstić information content (AvgIpc) is 3.34. The number of sulfone groups is 1. The molecule has 0 N–H and O–H groups in total. The van der Waals surface area contributed by atoms with Crippen molar-refractivity contribution in [1.82, 2.24) is 15.4 Å². The van der Waals surface area contributed by atoms with Gasteiger partial charge in [-0.2, -0.15) is 0 Å². The van der Waals surface area contributed by atoms with Crippen molar-refractivity contribution in [2.75, 3.05) is 11.5 Å². The lowest BCUT2D eigenvalue weighted by Crippen LogP contribution is -2.07. The first kappa shape index (κ1) is 18.5. The summed E-state index contributed by atoms with van der Waals surface area (Å²) >= 11 is 7.24. The topological polar surface area (TPSA) is 99.1 Å². The molecule has 142 valence electrons. The van der Waals surface area contributed by atoms with Gasteiger partial charge in [0.1, 0.15) is 11.5 Å². The number of benzene rings is 1. The standard InChI is InChI=1S/C17H16ClN3O4S2/c18-13-3-1-12(2-4-13)15-8-14(25-21-15)9-26-17-20-19-16(24-17)7-11-5-6-27(22,23)10-11/h1-4,8,11H,5-7,9-10H2/t11-/m0/s1. The molecule has 0 aliphatic carbocycles. The molecule has 1 fully saturated rings. The molecule has 1 aliphatic heterocycles. The molecule has 27 heavy (non-hydrogen) atoms. The van der Waals surface area contributed by atoms with E-state index < -0.39 is 9.84 Å². The van der Waals surface area contributed by atoms with E-state index in [1.54, 1.807) is 12.1 Å². The maximum Gasteiger partial charge on any atom is 0.277 e. The van der Waals surface area contributed by atoms with Gasteiger partial charge in [0.2, 0.25) is 5.89 Å². The fourth-order valence-corrected chi connectivity index (χ4v) is 5.57. The minimum Gasteiger partial charge on any atom is -0.416 e. The third-order valence-electron chi connectivity index (χ3n) is 4.28. The molecule has 1 aromatic carbocycles. The zero-order valence-corrected chi connectivity index (χ0v) is 16.6. The molecule has 0 unspecified atom stereocenters. The molecule has 7 nitrogen and oxygen atoms in total. The minimum atomic E-state index is -2.90. The summed E-state index contributed by atoms with van der Waals surface area (Å²) in [5.74, 6) is 2.16. The van der Waals surface area contributed by atoms with E-state index in [1.165, 1.54) is 11.8 Å². The number of rotatable bonds is 6. The Balaban J connectivity index is 1.33. The average molecular weight is 426 g/mol. The summed E-state index contributed by atoms with van der Waals surface area (Å²) < 4.78 is 34.0. The highest BCUT2D eigenvalue weighted by Crippen LogP contribution is 2.27. The second-order valence-electron chi connectivity index (χ2n) is 6.41. The van der Waals surface area contributed by atoms with Crippen LogP contribution in [0.1, 0.15) is 18.1 Å². The van der Waals surface area contributed by atoms with Crippen LogP contribution in [0.5, 0.6) is 0 Å². The lowest BCUT2D eigenvalue weighted by molar-refractivity contribution is 0.385. The summed E-state index contributed by atoms with van der Waals surface area (Å²) in [4.78, 5) is 0. The summed E-state index contributed by atoms with van der Waals surface area (Å²) in [7, 11) is -2.90. The van der Waals surface area contributed by atoms with E-state index in [1.807, 2.05) is 18.2 Å². The molecule has 1 aliphatic rings. The molecular weight excluding hydrogens is 410 g/mol. The highest BCUT2D eigenvalue weighted by Gasteiger charge is 2.29. The largest absolute Gasteiger partial charge is 0.416 e. The van der Waals surface area contributed by atoms with Crippen molar-refractivity contribution in [3.63, 3.8) is 0 Å². The SMILES string of the molecule is O=S1(=O)CC[C@@H](Cc2nnc(SCc3cc(-c4ccc(Cl)cc4)no3)o2)C1. The zero-order chi connectivity index (χ0) is 18.9. The van der Waals surface area contributed by atoms with E-state index >= 15 is 0 Å². The lowest BCUT2D eigenvalue weighted by atomic mass is 10.1. The van der Waals surface area contributed by atoms with Crippen LogP contribution in [-0.2, 0) is 22.0 Å². The molecule has 1 atom stereocenters. The Labute approximate surface area is 165 Å². The number of thioether (sulfide) groups is 1. The summed E-state index contributed by atoms with van der Waals surface area (Å²) in [5, 5.41) is 13.2. The van der Waals surface area contributed by atoms with Crippen LogP contribution in [0.25, 0.3) is 11.3 Å². The van der Waals surface area contributed by atoms with Crippen molar-refractivity contribution < 1.29 is 17.4 Å². The van der Waals surface area contributed by atoms with E-state index in [-0.39, 0.29) is 17.4 Å². The normalized spacial score (nSPS) is 18.8. The fraction of sp³-hybridized carbons (Fsp3) is 0.353. The van der Waals surface area contributed by atoms with Gasteiger partial charge in [0.25, 0.3) is 5.22 Å². The van der Waals surface area contributed by atoms with Crippen LogP contribution in [0, 0.1) is 5.92 Å². The first-order valence-corrected chi connectivity index (χ1v) is 11.5. The van der Waals surface area contributed by atoms with Gasteiger partial charge in [-0.05, 0) is 24.5 Å². The van der Waals surface area contributed by atoms with Crippen molar-refractivity contribution in [2.24, 2.45) is 5.92 Å². The third-order valence-corrected chi connectivity index (χ3v) is 7.20. The second kappa shape index (κ2) is 7.65. The Bertz CT molecular complexity index is 1030. The monoisotopic (exact) mass is 425 g/mol. The fourth-order valence-electron chi connectivity index (χ4n) is 2.93. The van der Waals surface area contributed by atoms with E-state index in [0.717, 1.165) is 11.3 Å². The van der Waals surface area contributed by atoms with Gasteiger partial charge in [0.15, 0.2) is 9.84 Å². The molecule has 0 radical (unpaired) electrons. The van der Waals surface area contributed by atoms with Gasteiger partial charge < -0.3 is 8.94 Å². The quantitative estimate of drug-likeness (QED) is 0.552. The molecule has 3 heterocycles. The van der Waals surface area contributed by atoms with Gasteiger partial charge in [0.05, 0.1) is 17.3 Å². The predicted molar refractivity (Wildman–Crippen MR) is 101 cm³/mol. The van der Waals surface area contributed by atoms with Crippen molar-refractivity contribution in [1.29, 1.82) is 0 Å². The van der Waals surface area contributed by atoms with Crippen molar-refractivity contribution in [3.05, 3.63) is 47.0 Å². The van der Waals surface area contributed by atoms with Gasteiger partial charge >= 0.3 is 0 Å². The highest BCUT2D eigenvalue weighted by atomic mass is 35.5. The maximum atomic E-state index is 11.5. The molecule has 0 saturated carbocycles. The maximum absolute atomic E-state index is 11.5. The van der Waals surface area contributed by atoms with Gasteiger partial charge in [-0.1, -0.05) is 40.7 Å². The second-order valence-corrected chi connectivity index (χ2v) is 10.0. The molecule has 10 heteroatoms. The predicted octanol–water partition coefficient (Wildman–Crippen LogP) is 3.65. The Morgan fingerprint density at radius 2 is 2.04 bits per heavy atom. The summed E-state index contributed by atoms with van der Waals surface area (Å²) in [6.45, 7) is 0. The Morgan fingerprint density at radius 3 is 2.78 bits per heavy atom. The number of aromatic nitrogens is 3. The van der Waals surface area contributed by atoms with Crippen LogP contribution in [0.15, 0.2) is 44.5 Å². The van der Waals surface area contributed by atoms with Crippen molar-refractivity contribution in [2.45, 2.75) is 23.8 Å². The smallest absolute Gasteiger partial charge is 0.277 e. The van der Waals surface area contributed by atoms with Gasteiger partial charge in [-0.15, -0.1) is 10.2 Å². The van der Waals surface area contributed by atoms with Gasteiger partial charge in [0, 0.05) is 23.1 Å². The Morgan fingerprint density at radius 1 is 1.22 bits per heavy atom. The molecular formula is C17H16ClN3O4S2. The van der Waals surface area contributed by atoms with Crippen LogP contribution in [0.3, 0.4) is 0 Å². The summed E-state index contributed by atoms with van der Waals surface area (Å²) in [5.41, 5.74) is 1.65. The van der Waals surface area contributed by atoms with E-state index in [9.17, 15) is 8.42 Å². The molecule has 0 bridgehead atoms. The number of hydrogen-bond acceptors (Lipinski definition) is 8. The highest BCUT2D eigenvalue weighted by molar-refractivity contribution is 7.98. The van der Waals surface area contributed by atoms with Crippen LogP contribution >= 0.6 is 23.4 Å². The van der Waals surface area contributed by atoms with E-state index in [4.69, 9.17) is 20.5 Å². The molecule has 4 rings (SSSR count). The zero-order valence-electron chi connectivity index (χ0n) is 14.2. The molecule has 1 saturated heterocycles. The van der Waals surface area contributed by atoms with E-state index in [2.05, 4.69) is 15.4 Å². The molecule has 0 amide bonds. The summed E-state index contributed by atoms with van der Waals surface area (Å²) in [6.07, 6.45) is 1.15. The first-order valence-electron chi connectivity index (χ1n) is 8.34. The van der Waals surface area contributed by atoms with Crippen molar-refractivity contribution in [3.8, 4) is 11.3 Å². The number of nitrogens with zero attached hydrogens (tertiary/aromatic N) is 3. The Hall–Kier alpha value is -1.84. The van der Waals surface area contributed by atoms with Crippen LogP contribution in [-0.4, -0.2) is 35.3 Å². The molecule has 2 aromatic heterocycles. The number of halogens is 1. The van der Waals surface area contributed by atoms with Gasteiger partial charge in [-0.25, -0.2) is 8.42 Å². The Kier molecular flexibility index (Phi) is 5.25. The van der Waals surface area contributed by atoms with Crippen LogP contribution in [0.2, 0.25) is 5.02 Å².